The van der Waals surface area contributed by atoms with Crippen molar-refractivity contribution >= 4 is 46.2 Å². The van der Waals surface area contributed by atoms with Crippen molar-refractivity contribution in [1.29, 1.82) is 0 Å². The van der Waals surface area contributed by atoms with Gasteiger partial charge in [0, 0.05) is 30.8 Å². The van der Waals surface area contributed by atoms with E-state index in [2.05, 4.69) is 20.6 Å². The average molecular weight is 479 g/mol. The number of benzene rings is 3. The zero-order valence-corrected chi connectivity index (χ0v) is 19.1. The number of fused-ring (bicyclic) bond motifs is 2. The second kappa shape index (κ2) is 10.5. The summed E-state index contributed by atoms with van der Waals surface area (Å²) in [6.45, 7) is 0.184. The number of hydrogen-bond donors (Lipinski definition) is 2. The molecule has 2 amide bonds. The number of carbonyl (C=O) groups is 2. The van der Waals surface area contributed by atoms with Crippen molar-refractivity contribution in [2.75, 3.05) is 6.54 Å². The Kier molecular flexibility index (Phi) is 6.66. The molecule has 5 aromatic rings. The molecule has 0 aliphatic carbocycles. The molecule has 3 aromatic carbocycles. The molecular weight excluding hydrogens is 456 g/mol. The second-order valence-electron chi connectivity index (χ2n) is 7.92. The summed E-state index contributed by atoms with van der Waals surface area (Å²) < 4.78 is 11.2. The van der Waals surface area contributed by atoms with Crippen LogP contribution < -0.4 is 10.6 Å². The molecule has 0 saturated carbocycles. The molecule has 0 spiro atoms. The van der Waals surface area contributed by atoms with Crippen molar-refractivity contribution in [3.63, 3.8) is 0 Å². The standard InChI is InChI=1S/C28H22N4O4/c33-25(14-16-27-31-20-10-4-6-12-23(20)35-27)29-18-22(19-8-2-1-3-9-19)30-26(34)15-17-28-32-21-11-5-7-13-24(21)36-28/h1-17,22H,18H2,(H,29,33)(H,30,34). The molecular formula is C28H22N4O4. The third-order valence-electron chi connectivity index (χ3n) is 5.37. The summed E-state index contributed by atoms with van der Waals surface area (Å²) in [5.74, 6) is -0.0133. The predicted octanol–water partition coefficient (Wildman–Crippen LogP) is 4.67. The van der Waals surface area contributed by atoms with Crippen LogP contribution in [0.5, 0.6) is 0 Å². The fourth-order valence-corrected chi connectivity index (χ4v) is 3.64. The molecule has 8 heteroatoms. The normalized spacial score (nSPS) is 12.4. The van der Waals surface area contributed by atoms with Crippen molar-refractivity contribution in [3.8, 4) is 0 Å². The SMILES string of the molecule is O=C(C=Cc1nc2ccccc2o1)NCC(NC(=O)C=Cc1nc2ccccc2o1)c1ccccc1. The van der Waals surface area contributed by atoms with Gasteiger partial charge in [0.1, 0.15) is 11.0 Å². The molecule has 178 valence electrons. The Labute approximate surface area is 206 Å². The maximum atomic E-state index is 12.6. The van der Waals surface area contributed by atoms with Crippen LogP contribution in [0.3, 0.4) is 0 Å². The molecule has 2 heterocycles. The van der Waals surface area contributed by atoms with Crippen LogP contribution >= 0.6 is 0 Å². The topological polar surface area (TPSA) is 110 Å². The zero-order chi connectivity index (χ0) is 24.7. The first-order valence-corrected chi connectivity index (χ1v) is 11.3. The van der Waals surface area contributed by atoms with E-state index in [1.165, 1.54) is 24.3 Å². The van der Waals surface area contributed by atoms with Gasteiger partial charge in [0.25, 0.3) is 0 Å². The van der Waals surface area contributed by atoms with Gasteiger partial charge in [-0.25, -0.2) is 9.97 Å². The molecule has 36 heavy (non-hydrogen) atoms. The van der Waals surface area contributed by atoms with E-state index < -0.39 is 6.04 Å². The van der Waals surface area contributed by atoms with E-state index in [1.54, 1.807) is 0 Å². The number of rotatable bonds is 8. The monoisotopic (exact) mass is 478 g/mol. The Hall–Kier alpha value is -4.98. The van der Waals surface area contributed by atoms with Crippen LogP contribution in [0, 0.1) is 0 Å². The fraction of sp³-hybridized carbons (Fsp3) is 0.0714. The number of oxazole rings is 2. The van der Waals surface area contributed by atoms with Gasteiger partial charge < -0.3 is 19.5 Å². The minimum atomic E-state index is -0.450. The zero-order valence-electron chi connectivity index (χ0n) is 19.1. The lowest BCUT2D eigenvalue weighted by molar-refractivity contribution is -0.119. The number of amides is 2. The van der Waals surface area contributed by atoms with E-state index in [9.17, 15) is 9.59 Å². The number of para-hydroxylation sites is 4. The summed E-state index contributed by atoms with van der Waals surface area (Å²) in [6, 6.07) is 23.7. The largest absolute Gasteiger partial charge is 0.437 e. The van der Waals surface area contributed by atoms with Crippen LogP contribution in [0.4, 0.5) is 0 Å². The van der Waals surface area contributed by atoms with Crippen LogP contribution in [0.25, 0.3) is 34.4 Å². The highest BCUT2D eigenvalue weighted by Crippen LogP contribution is 2.17. The lowest BCUT2D eigenvalue weighted by Crippen LogP contribution is -2.36. The number of carbonyl (C=O) groups excluding carboxylic acids is 2. The molecule has 0 aliphatic rings. The van der Waals surface area contributed by atoms with Crippen molar-refractivity contribution in [2.45, 2.75) is 6.04 Å². The highest BCUT2D eigenvalue weighted by atomic mass is 16.4. The summed E-state index contributed by atoms with van der Waals surface area (Å²) in [6.07, 6.45) is 5.73. The molecule has 5 rings (SSSR count). The lowest BCUT2D eigenvalue weighted by atomic mass is 10.1. The Bertz CT molecular complexity index is 1500. The first-order valence-electron chi connectivity index (χ1n) is 11.3. The summed E-state index contributed by atoms with van der Waals surface area (Å²) in [5, 5.41) is 5.74. The van der Waals surface area contributed by atoms with Crippen molar-refractivity contribution in [3.05, 3.63) is 108 Å². The Balaban J connectivity index is 1.22. The maximum Gasteiger partial charge on any atom is 0.244 e. The van der Waals surface area contributed by atoms with Gasteiger partial charge in [-0.15, -0.1) is 0 Å². The third kappa shape index (κ3) is 5.56. The maximum absolute atomic E-state index is 12.6. The van der Waals surface area contributed by atoms with E-state index in [0.717, 1.165) is 11.1 Å². The molecule has 0 bridgehead atoms. The first-order chi connectivity index (χ1) is 17.6. The van der Waals surface area contributed by atoms with Crippen molar-refractivity contribution < 1.29 is 18.4 Å². The van der Waals surface area contributed by atoms with E-state index in [0.29, 0.717) is 28.5 Å². The minimum absolute atomic E-state index is 0.184. The van der Waals surface area contributed by atoms with Gasteiger partial charge in [0.05, 0.1) is 6.04 Å². The number of aromatic nitrogens is 2. The van der Waals surface area contributed by atoms with E-state index in [4.69, 9.17) is 8.83 Å². The smallest absolute Gasteiger partial charge is 0.244 e. The molecule has 0 saturated heterocycles. The summed E-state index contributed by atoms with van der Waals surface area (Å²) in [7, 11) is 0. The van der Waals surface area contributed by atoms with Gasteiger partial charge in [-0.2, -0.15) is 0 Å². The van der Waals surface area contributed by atoms with Crippen LogP contribution in [0.2, 0.25) is 0 Å². The van der Waals surface area contributed by atoms with Gasteiger partial charge in [-0.1, -0.05) is 54.6 Å². The molecule has 1 unspecified atom stereocenters. The second-order valence-corrected chi connectivity index (χ2v) is 7.92. The van der Waals surface area contributed by atoms with Gasteiger partial charge in [-0.05, 0) is 29.8 Å². The fourth-order valence-electron chi connectivity index (χ4n) is 3.64. The molecule has 8 nitrogen and oxygen atoms in total. The third-order valence-corrected chi connectivity index (χ3v) is 5.37. The molecule has 0 aliphatic heterocycles. The number of nitrogens with one attached hydrogen (secondary N) is 2. The van der Waals surface area contributed by atoms with Gasteiger partial charge in [0.15, 0.2) is 11.2 Å². The Morgan fingerprint density at radius 2 is 1.25 bits per heavy atom. The van der Waals surface area contributed by atoms with Crippen LogP contribution in [-0.2, 0) is 9.59 Å². The van der Waals surface area contributed by atoms with Gasteiger partial charge >= 0.3 is 0 Å². The number of nitrogens with zero attached hydrogens (tertiary/aromatic N) is 2. The Morgan fingerprint density at radius 3 is 1.83 bits per heavy atom. The van der Waals surface area contributed by atoms with Crippen molar-refractivity contribution in [1.82, 2.24) is 20.6 Å². The minimum Gasteiger partial charge on any atom is -0.437 e. The van der Waals surface area contributed by atoms with Crippen LogP contribution in [0.15, 0.2) is 99.8 Å². The summed E-state index contributed by atoms with van der Waals surface area (Å²) >= 11 is 0. The highest BCUT2D eigenvalue weighted by molar-refractivity contribution is 5.93. The van der Waals surface area contributed by atoms with Crippen LogP contribution in [0.1, 0.15) is 23.4 Å². The lowest BCUT2D eigenvalue weighted by Gasteiger charge is -2.18. The average Bonchev–Trinajstić information content (AvgIpc) is 3.52. The molecule has 2 N–H and O–H groups in total. The van der Waals surface area contributed by atoms with Crippen LogP contribution in [-0.4, -0.2) is 28.3 Å². The molecule has 1 atom stereocenters. The number of hydrogen-bond acceptors (Lipinski definition) is 6. The quantitative estimate of drug-likeness (QED) is 0.314. The predicted molar refractivity (Wildman–Crippen MR) is 136 cm³/mol. The van der Waals surface area contributed by atoms with E-state index >= 15 is 0 Å². The molecule has 2 aromatic heterocycles. The van der Waals surface area contributed by atoms with E-state index in [-0.39, 0.29) is 18.4 Å². The molecule has 0 radical (unpaired) electrons. The highest BCUT2D eigenvalue weighted by Gasteiger charge is 2.14. The summed E-state index contributed by atoms with van der Waals surface area (Å²) in [5.41, 5.74) is 3.58. The van der Waals surface area contributed by atoms with E-state index in [1.807, 2.05) is 78.9 Å². The Morgan fingerprint density at radius 1 is 0.722 bits per heavy atom. The molecule has 0 fully saturated rings. The van der Waals surface area contributed by atoms with Crippen molar-refractivity contribution in [2.24, 2.45) is 0 Å². The van der Waals surface area contributed by atoms with Gasteiger partial charge in [-0.3, -0.25) is 9.59 Å². The van der Waals surface area contributed by atoms with Gasteiger partial charge in [0.2, 0.25) is 23.6 Å². The first kappa shape index (κ1) is 22.8. The summed E-state index contributed by atoms with van der Waals surface area (Å²) in [4.78, 5) is 33.7.